The second-order valence-corrected chi connectivity index (χ2v) is 7.85. The first-order valence-electron chi connectivity index (χ1n) is 10.1. The normalized spacial score (nSPS) is 15.0. The van der Waals surface area contributed by atoms with Crippen LogP contribution in [0.2, 0.25) is 0 Å². The molecule has 1 fully saturated rings. The molecule has 0 atom stereocenters. The minimum Gasteiger partial charge on any atom is -0.356 e. The van der Waals surface area contributed by atoms with Crippen molar-refractivity contribution in [1.82, 2.24) is 4.57 Å². The minimum atomic E-state index is 0.106. The third-order valence-electron chi connectivity index (χ3n) is 5.73. The van der Waals surface area contributed by atoms with E-state index in [1.807, 2.05) is 54.3 Å². The Hall–Kier alpha value is -2.61. The van der Waals surface area contributed by atoms with Crippen LogP contribution in [-0.2, 0) is 13.5 Å². The summed E-state index contributed by atoms with van der Waals surface area (Å²) in [6, 6.07) is 18.5. The fourth-order valence-electron chi connectivity index (χ4n) is 4.33. The van der Waals surface area contributed by atoms with Crippen molar-refractivity contribution in [1.29, 1.82) is 0 Å². The van der Waals surface area contributed by atoms with E-state index in [0.29, 0.717) is 0 Å². The van der Waals surface area contributed by atoms with Crippen LogP contribution >= 0.6 is 0 Å². The summed E-state index contributed by atoms with van der Waals surface area (Å²) >= 11 is 0. The first kappa shape index (κ1) is 17.8. The monoisotopic (exact) mass is 357 g/mol. The van der Waals surface area contributed by atoms with Gasteiger partial charge in [-0.15, -0.1) is 0 Å². The quantitative estimate of drug-likeness (QED) is 0.575. The molecule has 4 rings (SSSR count). The Morgan fingerprint density at radius 3 is 2.26 bits per heavy atom. The van der Waals surface area contributed by atoms with Crippen molar-refractivity contribution in [2.45, 2.75) is 38.5 Å². The summed E-state index contributed by atoms with van der Waals surface area (Å²) in [6.45, 7) is 0. The van der Waals surface area contributed by atoms with E-state index in [4.69, 9.17) is 0 Å². The SMILES string of the molecule is Cn1cc(-c2ccccc2)c(=O)c(-c2cccc(CC3CCCCC3)c2)c1. The molecular weight excluding hydrogens is 330 g/mol. The number of hydrogen-bond donors (Lipinski definition) is 0. The fourth-order valence-corrected chi connectivity index (χ4v) is 4.33. The number of rotatable bonds is 4. The Kier molecular flexibility index (Phi) is 5.24. The van der Waals surface area contributed by atoms with Crippen LogP contribution in [0.25, 0.3) is 22.3 Å². The highest BCUT2D eigenvalue weighted by Gasteiger charge is 2.15. The maximum absolute atomic E-state index is 13.2. The number of hydrogen-bond acceptors (Lipinski definition) is 1. The number of benzene rings is 2. The van der Waals surface area contributed by atoms with Gasteiger partial charge in [-0.1, -0.05) is 86.7 Å². The molecule has 0 bridgehead atoms. The third-order valence-corrected chi connectivity index (χ3v) is 5.73. The van der Waals surface area contributed by atoms with Gasteiger partial charge in [-0.2, -0.15) is 0 Å². The summed E-state index contributed by atoms with van der Waals surface area (Å²) in [5, 5.41) is 0. The van der Waals surface area contributed by atoms with Crippen molar-refractivity contribution in [2.75, 3.05) is 0 Å². The average Bonchev–Trinajstić information content (AvgIpc) is 2.71. The van der Waals surface area contributed by atoms with E-state index in [9.17, 15) is 4.79 Å². The van der Waals surface area contributed by atoms with E-state index in [-0.39, 0.29) is 5.43 Å². The molecule has 1 aromatic heterocycles. The zero-order chi connectivity index (χ0) is 18.6. The number of pyridine rings is 1. The number of nitrogens with zero attached hydrogens (tertiary/aromatic N) is 1. The Labute approximate surface area is 161 Å². The lowest BCUT2D eigenvalue weighted by molar-refractivity contribution is 0.357. The van der Waals surface area contributed by atoms with Gasteiger partial charge in [-0.25, -0.2) is 0 Å². The Morgan fingerprint density at radius 1 is 0.852 bits per heavy atom. The molecule has 0 N–H and O–H groups in total. The van der Waals surface area contributed by atoms with Crippen molar-refractivity contribution in [3.8, 4) is 22.3 Å². The van der Waals surface area contributed by atoms with Gasteiger partial charge < -0.3 is 4.57 Å². The highest BCUT2D eigenvalue weighted by Crippen LogP contribution is 2.28. The van der Waals surface area contributed by atoms with Crippen LogP contribution in [0.5, 0.6) is 0 Å². The van der Waals surface area contributed by atoms with Gasteiger partial charge in [-0.05, 0) is 29.0 Å². The van der Waals surface area contributed by atoms with Crippen LogP contribution in [0.3, 0.4) is 0 Å². The van der Waals surface area contributed by atoms with E-state index in [1.165, 1.54) is 37.7 Å². The molecular formula is C25H27NO. The largest absolute Gasteiger partial charge is 0.356 e. The highest BCUT2D eigenvalue weighted by atomic mass is 16.1. The van der Waals surface area contributed by atoms with Crippen molar-refractivity contribution in [3.63, 3.8) is 0 Å². The number of aromatic nitrogens is 1. The zero-order valence-corrected chi connectivity index (χ0v) is 16.0. The molecule has 3 aromatic rings. The number of aryl methyl sites for hydroxylation is 1. The molecule has 27 heavy (non-hydrogen) atoms. The second kappa shape index (κ2) is 7.96. The highest BCUT2D eigenvalue weighted by molar-refractivity contribution is 5.72. The second-order valence-electron chi connectivity index (χ2n) is 7.85. The summed E-state index contributed by atoms with van der Waals surface area (Å²) in [7, 11) is 1.99. The lowest BCUT2D eigenvalue weighted by atomic mass is 9.84. The molecule has 138 valence electrons. The summed E-state index contributed by atoms with van der Waals surface area (Å²) in [5.41, 5.74) is 5.00. The first-order valence-corrected chi connectivity index (χ1v) is 10.1. The van der Waals surface area contributed by atoms with Crippen molar-refractivity contribution in [2.24, 2.45) is 13.0 Å². The van der Waals surface area contributed by atoms with Gasteiger partial charge in [0, 0.05) is 30.6 Å². The first-order chi connectivity index (χ1) is 13.2. The standard InChI is InChI=1S/C25H27NO/c1-26-17-23(21-12-6-3-7-13-21)25(27)24(18-26)22-14-8-11-20(16-22)15-19-9-4-2-5-10-19/h3,6-8,11-14,16-19H,2,4-5,9-10,15H2,1H3. The maximum atomic E-state index is 13.2. The summed E-state index contributed by atoms with van der Waals surface area (Å²) in [4.78, 5) is 13.2. The zero-order valence-electron chi connectivity index (χ0n) is 16.0. The fraction of sp³-hybridized carbons (Fsp3) is 0.320. The molecule has 0 amide bonds. The van der Waals surface area contributed by atoms with Gasteiger partial charge in [0.15, 0.2) is 5.43 Å². The van der Waals surface area contributed by atoms with Crippen LogP contribution < -0.4 is 5.43 Å². The van der Waals surface area contributed by atoms with E-state index < -0.39 is 0 Å². The van der Waals surface area contributed by atoms with Gasteiger partial charge in [0.25, 0.3) is 0 Å². The molecule has 1 saturated carbocycles. The third kappa shape index (κ3) is 4.05. The average molecular weight is 357 g/mol. The van der Waals surface area contributed by atoms with Crippen LogP contribution in [0.4, 0.5) is 0 Å². The van der Waals surface area contributed by atoms with Crippen LogP contribution in [0, 0.1) is 5.92 Å². The molecule has 0 saturated heterocycles. The Bertz CT molecular complexity index is 965. The van der Waals surface area contributed by atoms with E-state index in [0.717, 1.165) is 34.6 Å². The predicted molar refractivity (Wildman–Crippen MR) is 113 cm³/mol. The Morgan fingerprint density at radius 2 is 1.52 bits per heavy atom. The van der Waals surface area contributed by atoms with Crippen LogP contribution in [-0.4, -0.2) is 4.57 Å². The lowest BCUT2D eigenvalue weighted by Gasteiger charge is -2.21. The van der Waals surface area contributed by atoms with E-state index in [1.54, 1.807) is 0 Å². The van der Waals surface area contributed by atoms with Gasteiger partial charge in [-0.3, -0.25) is 4.79 Å². The molecule has 2 nitrogen and oxygen atoms in total. The van der Waals surface area contributed by atoms with Crippen molar-refractivity contribution in [3.05, 3.63) is 82.8 Å². The molecule has 0 aliphatic heterocycles. The lowest BCUT2D eigenvalue weighted by Crippen LogP contribution is -2.12. The van der Waals surface area contributed by atoms with Crippen LogP contribution in [0.1, 0.15) is 37.7 Å². The topological polar surface area (TPSA) is 22.0 Å². The summed E-state index contributed by atoms with van der Waals surface area (Å²) < 4.78 is 1.99. The molecule has 0 radical (unpaired) electrons. The van der Waals surface area contributed by atoms with E-state index in [2.05, 4.69) is 24.3 Å². The van der Waals surface area contributed by atoms with Crippen LogP contribution in [0.15, 0.2) is 71.8 Å². The van der Waals surface area contributed by atoms with Crippen molar-refractivity contribution < 1.29 is 0 Å². The maximum Gasteiger partial charge on any atom is 0.197 e. The summed E-state index contributed by atoms with van der Waals surface area (Å²) in [6.07, 6.45) is 11.8. The smallest absolute Gasteiger partial charge is 0.197 e. The molecule has 2 heteroatoms. The summed E-state index contributed by atoms with van der Waals surface area (Å²) in [5.74, 6) is 0.799. The predicted octanol–water partition coefficient (Wildman–Crippen LogP) is 5.84. The Balaban J connectivity index is 1.70. The van der Waals surface area contributed by atoms with Gasteiger partial charge >= 0.3 is 0 Å². The molecule has 0 spiro atoms. The van der Waals surface area contributed by atoms with Gasteiger partial charge in [0.2, 0.25) is 0 Å². The van der Waals surface area contributed by atoms with Gasteiger partial charge in [0.05, 0.1) is 0 Å². The minimum absolute atomic E-state index is 0.106. The molecule has 1 heterocycles. The molecule has 1 aliphatic rings. The van der Waals surface area contributed by atoms with Gasteiger partial charge in [0.1, 0.15) is 0 Å². The van der Waals surface area contributed by atoms with Crippen molar-refractivity contribution >= 4 is 0 Å². The van der Waals surface area contributed by atoms with E-state index >= 15 is 0 Å². The molecule has 2 aromatic carbocycles. The molecule has 1 aliphatic carbocycles. The molecule has 0 unspecified atom stereocenters.